The first-order chi connectivity index (χ1) is 13.8. The summed E-state index contributed by atoms with van der Waals surface area (Å²) in [5.41, 5.74) is 0.711. The minimum atomic E-state index is -3.12. The molecule has 0 saturated heterocycles. The average Bonchev–Trinajstić information content (AvgIpc) is 2.71. The standard InChI is InChI=1S/C20H21F2NO6/c1-12(28-11-13-7-5-4-6-8-13)18(24)23-15-10-17(29-20(21)22)16(26-2)9-14(15)19(25)27-3/h4-10,12,20H,11H2,1-3H3,(H,23,24). The van der Waals surface area contributed by atoms with Gasteiger partial charge in [-0.2, -0.15) is 8.78 Å². The maximum Gasteiger partial charge on any atom is 0.387 e. The topological polar surface area (TPSA) is 83.1 Å². The van der Waals surface area contributed by atoms with Crippen LogP contribution in [0.5, 0.6) is 11.5 Å². The van der Waals surface area contributed by atoms with Gasteiger partial charge in [-0.1, -0.05) is 30.3 Å². The van der Waals surface area contributed by atoms with Gasteiger partial charge < -0.3 is 24.3 Å². The molecule has 7 nitrogen and oxygen atoms in total. The van der Waals surface area contributed by atoms with Crippen molar-refractivity contribution in [1.29, 1.82) is 0 Å². The van der Waals surface area contributed by atoms with E-state index in [4.69, 9.17) is 9.47 Å². The van der Waals surface area contributed by atoms with Crippen LogP contribution >= 0.6 is 0 Å². The van der Waals surface area contributed by atoms with Crippen LogP contribution in [0.3, 0.4) is 0 Å². The Morgan fingerprint density at radius 1 is 1.07 bits per heavy atom. The molecular formula is C20H21F2NO6. The molecule has 29 heavy (non-hydrogen) atoms. The fourth-order valence-corrected chi connectivity index (χ4v) is 2.40. The van der Waals surface area contributed by atoms with Crippen LogP contribution in [0.15, 0.2) is 42.5 Å². The predicted octanol–water partition coefficient (Wildman–Crippen LogP) is 3.63. The molecule has 1 amide bonds. The summed E-state index contributed by atoms with van der Waals surface area (Å²) in [5, 5.41) is 2.48. The highest BCUT2D eigenvalue weighted by Gasteiger charge is 2.23. The highest BCUT2D eigenvalue weighted by molar-refractivity contribution is 6.03. The van der Waals surface area contributed by atoms with Crippen molar-refractivity contribution in [3.8, 4) is 11.5 Å². The quantitative estimate of drug-likeness (QED) is 0.637. The smallest absolute Gasteiger partial charge is 0.387 e. The Kier molecular flexibility index (Phi) is 7.90. The number of hydrogen-bond donors (Lipinski definition) is 1. The molecule has 2 aromatic carbocycles. The van der Waals surface area contributed by atoms with E-state index in [1.54, 1.807) is 0 Å². The number of methoxy groups -OCH3 is 2. The number of carbonyl (C=O) groups excluding carboxylic acids is 2. The second kappa shape index (κ2) is 10.4. The van der Waals surface area contributed by atoms with Crippen LogP contribution in [-0.2, 0) is 20.9 Å². The molecule has 1 N–H and O–H groups in total. The van der Waals surface area contributed by atoms with E-state index in [0.717, 1.165) is 24.8 Å². The van der Waals surface area contributed by atoms with Gasteiger partial charge in [-0.25, -0.2) is 4.79 Å². The highest BCUT2D eigenvalue weighted by atomic mass is 19.3. The number of hydrogen-bond acceptors (Lipinski definition) is 6. The molecule has 1 unspecified atom stereocenters. The van der Waals surface area contributed by atoms with Crippen LogP contribution in [0.2, 0.25) is 0 Å². The lowest BCUT2D eigenvalue weighted by molar-refractivity contribution is -0.127. The van der Waals surface area contributed by atoms with E-state index in [9.17, 15) is 18.4 Å². The third kappa shape index (κ3) is 6.15. The monoisotopic (exact) mass is 409 g/mol. The molecule has 0 fully saturated rings. The first kappa shape index (κ1) is 22.1. The summed E-state index contributed by atoms with van der Waals surface area (Å²) >= 11 is 0. The summed E-state index contributed by atoms with van der Waals surface area (Å²) in [6, 6.07) is 11.4. The molecule has 0 radical (unpaired) electrons. The van der Waals surface area contributed by atoms with Gasteiger partial charge in [0.15, 0.2) is 11.5 Å². The second-order valence-electron chi connectivity index (χ2n) is 5.85. The van der Waals surface area contributed by atoms with Crippen molar-refractivity contribution >= 4 is 17.6 Å². The van der Waals surface area contributed by atoms with Gasteiger partial charge in [0.1, 0.15) is 6.10 Å². The molecule has 1 atom stereocenters. The van der Waals surface area contributed by atoms with Gasteiger partial charge in [0.25, 0.3) is 5.91 Å². The fraction of sp³-hybridized carbons (Fsp3) is 0.300. The van der Waals surface area contributed by atoms with Crippen molar-refractivity contribution in [2.45, 2.75) is 26.2 Å². The molecule has 2 rings (SSSR count). The molecule has 0 bridgehead atoms. The molecule has 9 heteroatoms. The van der Waals surface area contributed by atoms with Gasteiger partial charge in [0, 0.05) is 12.1 Å². The lowest BCUT2D eigenvalue weighted by Gasteiger charge is -2.18. The molecule has 0 aliphatic heterocycles. The maximum atomic E-state index is 12.7. The summed E-state index contributed by atoms with van der Waals surface area (Å²) in [7, 11) is 2.38. The molecule has 0 aliphatic rings. The van der Waals surface area contributed by atoms with Crippen LogP contribution in [0.4, 0.5) is 14.5 Å². The van der Waals surface area contributed by atoms with Crippen molar-refractivity contribution in [2.75, 3.05) is 19.5 Å². The van der Waals surface area contributed by atoms with Crippen molar-refractivity contribution in [2.24, 2.45) is 0 Å². The summed E-state index contributed by atoms with van der Waals surface area (Å²) < 4.78 is 44.9. The third-order valence-electron chi connectivity index (χ3n) is 3.90. The lowest BCUT2D eigenvalue weighted by Crippen LogP contribution is -2.28. The molecule has 0 spiro atoms. The first-order valence-corrected chi connectivity index (χ1v) is 8.57. The number of nitrogens with one attached hydrogen (secondary N) is 1. The number of ether oxygens (including phenoxy) is 4. The SMILES string of the molecule is COC(=O)c1cc(OC)c(OC(F)F)cc1NC(=O)C(C)OCc1ccccc1. The molecule has 0 aromatic heterocycles. The van der Waals surface area contributed by atoms with E-state index in [0.29, 0.717) is 0 Å². The van der Waals surface area contributed by atoms with Crippen LogP contribution in [0.1, 0.15) is 22.8 Å². The van der Waals surface area contributed by atoms with Gasteiger partial charge in [-0.05, 0) is 12.5 Å². The van der Waals surface area contributed by atoms with E-state index in [-0.39, 0.29) is 29.4 Å². The van der Waals surface area contributed by atoms with Gasteiger partial charge >= 0.3 is 12.6 Å². The predicted molar refractivity (Wildman–Crippen MR) is 100 cm³/mol. The van der Waals surface area contributed by atoms with Gasteiger partial charge in [0.05, 0.1) is 32.1 Å². The second-order valence-corrected chi connectivity index (χ2v) is 5.85. The van der Waals surface area contributed by atoms with Crippen molar-refractivity contribution < 1.29 is 37.3 Å². The van der Waals surface area contributed by atoms with E-state index in [1.165, 1.54) is 14.0 Å². The molecular weight excluding hydrogens is 388 g/mol. The normalized spacial score (nSPS) is 11.7. The number of benzene rings is 2. The van der Waals surface area contributed by atoms with Crippen LogP contribution in [0.25, 0.3) is 0 Å². The Morgan fingerprint density at radius 2 is 1.76 bits per heavy atom. The zero-order valence-corrected chi connectivity index (χ0v) is 16.1. The lowest BCUT2D eigenvalue weighted by atomic mass is 10.1. The van der Waals surface area contributed by atoms with Gasteiger partial charge in [-0.3, -0.25) is 4.79 Å². The molecule has 0 saturated carbocycles. The molecule has 2 aromatic rings. The zero-order chi connectivity index (χ0) is 21.4. The first-order valence-electron chi connectivity index (χ1n) is 8.57. The van der Waals surface area contributed by atoms with Crippen LogP contribution in [0, 0.1) is 0 Å². The number of esters is 1. The van der Waals surface area contributed by atoms with Crippen LogP contribution in [-0.4, -0.2) is 38.8 Å². The average molecular weight is 409 g/mol. The molecule has 0 heterocycles. The zero-order valence-electron chi connectivity index (χ0n) is 16.1. The van der Waals surface area contributed by atoms with Crippen LogP contribution < -0.4 is 14.8 Å². The summed E-state index contributed by atoms with van der Waals surface area (Å²) in [6.45, 7) is -1.40. The van der Waals surface area contributed by atoms with Crippen molar-refractivity contribution in [1.82, 2.24) is 0 Å². The number of rotatable bonds is 9. The van der Waals surface area contributed by atoms with Gasteiger partial charge in [0.2, 0.25) is 0 Å². The van der Waals surface area contributed by atoms with E-state index in [1.807, 2.05) is 30.3 Å². The maximum absolute atomic E-state index is 12.7. The Morgan fingerprint density at radius 3 is 2.34 bits per heavy atom. The number of alkyl halides is 2. The number of amides is 1. The van der Waals surface area contributed by atoms with Gasteiger partial charge in [-0.15, -0.1) is 0 Å². The minimum Gasteiger partial charge on any atom is -0.493 e. The number of anilines is 1. The highest BCUT2D eigenvalue weighted by Crippen LogP contribution is 2.35. The molecule has 156 valence electrons. The Hall–Kier alpha value is -3.20. The summed E-state index contributed by atoms with van der Waals surface area (Å²) in [5.74, 6) is -1.83. The summed E-state index contributed by atoms with van der Waals surface area (Å²) in [4.78, 5) is 24.5. The summed E-state index contributed by atoms with van der Waals surface area (Å²) in [6.07, 6.45) is -0.887. The van der Waals surface area contributed by atoms with Crippen molar-refractivity contribution in [3.05, 3.63) is 53.6 Å². The van der Waals surface area contributed by atoms with E-state index in [2.05, 4.69) is 14.8 Å². The Balaban J connectivity index is 2.21. The molecule has 0 aliphatic carbocycles. The van der Waals surface area contributed by atoms with Crippen molar-refractivity contribution in [3.63, 3.8) is 0 Å². The Labute approximate surface area is 166 Å². The largest absolute Gasteiger partial charge is 0.493 e. The van der Waals surface area contributed by atoms with E-state index < -0.39 is 24.6 Å². The Bertz CT molecular complexity index is 844. The fourth-order valence-electron chi connectivity index (χ4n) is 2.40. The number of halogens is 2. The third-order valence-corrected chi connectivity index (χ3v) is 3.90. The minimum absolute atomic E-state index is 0.0755. The van der Waals surface area contributed by atoms with E-state index >= 15 is 0 Å². The number of carbonyl (C=O) groups is 2.